The summed E-state index contributed by atoms with van der Waals surface area (Å²) in [6.45, 7) is 0.527. The summed E-state index contributed by atoms with van der Waals surface area (Å²) < 4.78 is 10.3. The number of anilines is 1. The Morgan fingerprint density at radius 2 is 2.05 bits per heavy atom. The summed E-state index contributed by atoms with van der Waals surface area (Å²) in [4.78, 5) is 11.3. The Morgan fingerprint density at radius 3 is 2.63 bits per heavy atom. The van der Waals surface area contributed by atoms with Gasteiger partial charge in [-0.05, 0) is 22.5 Å². The quantitative estimate of drug-likeness (QED) is 0.858. The summed E-state index contributed by atoms with van der Waals surface area (Å²) in [5, 5.41) is 4.08. The van der Waals surface area contributed by atoms with Crippen LogP contribution in [0.4, 0.5) is 5.00 Å². The van der Waals surface area contributed by atoms with Gasteiger partial charge in [0.1, 0.15) is 21.5 Å². The number of halogens is 1. The molecule has 0 saturated carbocycles. The van der Waals surface area contributed by atoms with Crippen molar-refractivity contribution in [3.63, 3.8) is 0 Å². The molecule has 1 aromatic carbocycles. The van der Waals surface area contributed by atoms with Gasteiger partial charge in [0.25, 0.3) is 4.74 Å². The highest BCUT2D eigenvalue weighted by Crippen LogP contribution is 2.30. The first-order chi connectivity index (χ1) is 9.15. The maximum absolute atomic E-state index is 11.3. The van der Waals surface area contributed by atoms with Crippen LogP contribution in [0.5, 0.6) is 11.5 Å². The van der Waals surface area contributed by atoms with E-state index in [2.05, 4.69) is 5.32 Å². The van der Waals surface area contributed by atoms with Crippen molar-refractivity contribution in [1.29, 1.82) is 0 Å². The monoisotopic (exact) mass is 317 g/mol. The van der Waals surface area contributed by atoms with Crippen molar-refractivity contribution in [2.45, 2.75) is 6.54 Å². The Balaban J connectivity index is 2.15. The number of methoxy groups -OCH3 is 2. The first-order valence-electron chi connectivity index (χ1n) is 5.39. The first kappa shape index (κ1) is 14.2. The number of benzene rings is 1. The third kappa shape index (κ3) is 3.20. The molecule has 2 aromatic rings. The average Bonchev–Trinajstić information content (AvgIpc) is 2.76. The summed E-state index contributed by atoms with van der Waals surface area (Å²) in [6.07, 6.45) is 0. The molecule has 0 spiro atoms. The van der Waals surface area contributed by atoms with Gasteiger partial charge in [-0.15, -0.1) is 0 Å². The second-order valence-electron chi connectivity index (χ2n) is 3.63. The molecular weight excluding hydrogens is 306 g/mol. The van der Waals surface area contributed by atoms with E-state index in [1.807, 2.05) is 18.2 Å². The Morgan fingerprint density at radius 1 is 1.26 bits per heavy atom. The fraction of sp³-hybridized carbons (Fsp3) is 0.250. The third-order valence-corrected chi connectivity index (χ3v) is 5.26. The van der Waals surface area contributed by atoms with Crippen molar-refractivity contribution in [3.8, 4) is 11.5 Å². The van der Waals surface area contributed by atoms with Crippen LogP contribution in [0.15, 0.2) is 23.0 Å². The lowest BCUT2D eigenvalue weighted by molar-refractivity contribution is 0.391. The van der Waals surface area contributed by atoms with E-state index in [1.165, 1.54) is 10.3 Å². The highest BCUT2D eigenvalue weighted by Gasteiger charge is 2.10. The molecule has 0 aliphatic rings. The number of nitrogens with one attached hydrogen (secondary N) is 1. The summed E-state index contributed by atoms with van der Waals surface area (Å²) in [5.41, 5.74) is 0.963. The summed E-state index contributed by atoms with van der Waals surface area (Å²) in [7, 11) is 5.67. The Hall–Kier alpha value is -1.24. The second kappa shape index (κ2) is 6.27. The lowest BCUT2D eigenvalue weighted by atomic mass is 10.2. The zero-order valence-electron chi connectivity index (χ0n) is 10.4. The smallest absolute Gasteiger partial charge is 0.263 e. The normalized spacial score (nSPS) is 10.3. The van der Waals surface area contributed by atoms with E-state index in [0.717, 1.165) is 27.4 Å². The standard InChI is InChI=1S/C12H12ClNO3S2/c1-16-8-4-3-7(9(5-8)17-2)6-14-11-10(13)12(15)19-18-11/h3-5,14H,6H2,1-2H3. The molecule has 0 bridgehead atoms. The summed E-state index contributed by atoms with van der Waals surface area (Å²) >= 11 is 5.89. The Kier molecular flexibility index (Phi) is 4.68. The largest absolute Gasteiger partial charge is 0.497 e. The molecule has 7 heteroatoms. The molecule has 1 heterocycles. The van der Waals surface area contributed by atoms with Gasteiger partial charge in [0.2, 0.25) is 0 Å². The van der Waals surface area contributed by atoms with E-state index in [1.54, 1.807) is 14.2 Å². The van der Waals surface area contributed by atoms with Crippen LogP contribution in [-0.2, 0) is 6.54 Å². The van der Waals surface area contributed by atoms with E-state index in [4.69, 9.17) is 21.1 Å². The van der Waals surface area contributed by atoms with Crippen LogP contribution in [0.2, 0.25) is 5.02 Å². The molecule has 0 atom stereocenters. The highest BCUT2D eigenvalue weighted by atomic mass is 35.5. The van der Waals surface area contributed by atoms with Gasteiger partial charge in [-0.25, -0.2) is 0 Å². The zero-order chi connectivity index (χ0) is 13.8. The van der Waals surface area contributed by atoms with Crippen LogP contribution in [0.25, 0.3) is 0 Å². The molecule has 0 unspecified atom stereocenters. The lowest BCUT2D eigenvalue weighted by Crippen LogP contribution is -2.02. The van der Waals surface area contributed by atoms with Crippen LogP contribution in [0.1, 0.15) is 5.56 Å². The molecule has 1 aromatic heterocycles. The van der Waals surface area contributed by atoms with Crippen LogP contribution in [-0.4, -0.2) is 14.2 Å². The first-order valence-corrected chi connectivity index (χ1v) is 7.92. The predicted molar refractivity (Wildman–Crippen MR) is 80.3 cm³/mol. The van der Waals surface area contributed by atoms with E-state index >= 15 is 0 Å². The maximum atomic E-state index is 11.3. The minimum atomic E-state index is -0.115. The van der Waals surface area contributed by atoms with Crippen molar-refractivity contribution < 1.29 is 9.47 Å². The Bertz CT molecular complexity index is 624. The van der Waals surface area contributed by atoms with Crippen LogP contribution in [0.3, 0.4) is 0 Å². The summed E-state index contributed by atoms with van der Waals surface area (Å²) in [5.74, 6) is 1.46. The topological polar surface area (TPSA) is 47.6 Å². The lowest BCUT2D eigenvalue weighted by Gasteiger charge is -2.11. The molecule has 4 nitrogen and oxygen atoms in total. The minimum Gasteiger partial charge on any atom is -0.497 e. The minimum absolute atomic E-state index is 0.115. The van der Waals surface area contributed by atoms with E-state index < -0.39 is 0 Å². The molecule has 0 aliphatic carbocycles. The predicted octanol–water partition coefficient (Wildman–Crippen LogP) is 3.45. The summed E-state index contributed by atoms with van der Waals surface area (Å²) in [6, 6.07) is 5.58. The zero-order valence-corrected chi connectivity index (χ0v) is 12.7. The fourth-order valence-electron chi connectivity index (χ4n) is 1.53. The van der Waals surface area contributed by atoms with Gasteiger partial charge in [-0.1, -0.05) is 21.9 Å². The number of ether oxygens (including phenoxy) is 2. The van der Waals surface area contributed by atoms with Gasteiger partial charge in [0, 0.05) is 18.2 Å². The van der Waals surface area contributed by atoms with Crippen molar-refractivity contribution in [1.82, 2.24) is 0 Å². The molecule has 0 saturated heterocycles. The molecular formula is C12H12ClNO3S2. The van der Waals surface area contributed by atoms with Gasteiger partial charge in [0.15, 0.2) is 0 Å². The second-order valence-corrected chi connectivity index (χ2v) is 6.12. The maximum Gasteiger partial charge on any atom is 0.263 e. The van der Waals surface area contributed by atoms with Crippen molar-refractivity contribution >= 4 is 37.3 Å². The fourth-order valence-corrected chi connectivity index (χ4v) is 3.95. The van der Waals surface area contributed by atoms with Crippen LogP contribution < -0.4 is 19.5 Å². The molecule has 19 heavy (non-hydrogen) atoms. The van der Waals surface area contributed by atoms with Crippen molar-refractivity contribution in [2.24, 2.45) is 0 Å². The van der Waals surface area contributed by atoms with Crippen molar-refractivity contribution in [2.75, 3.05) is 19.5 Å². The Labute approximate surface area is 122 Å². The van der Waals surface area contributed by atoms with Crippen molar-refractivity contribution in [3.05, 3.63) is 38.3 Å². The molecule has 1 N–H and O–H groups in total. The van der Waals surface area contributed by atoms with Crippen LogP contribution in [0, 0.1) is 0 Å². The number of hydrogen-bond donors (Lipinski definition) is 1. The van der Waals surface area contributed by atoms with E-state index in [9.17, 15) is 4.79 Å². The van der Waals surface area contributed by atoms with Gasteiger partial charge in [-0.3, -0.25) is 4.79 Å². The molecule has 0 fully saturated rings. The molecule has 102 valence electrons. The van der Waals surface area contributed by atoms with Gasteiger partial charge < -0.3 is 14.8 Å². The molecule has 0 amide bonds. The molecule has 2 rings (SSSR count). The number of hydrogen-bond acceptors (Lipinski definition) is 6. The average molecular weight is 318 g/mol. The van der Waals surface area contributed by atoms with Gasteiger partial charge >= 0.3 is 0 Å². The SMILES string of the molecule is COc1ccc(CNc2ssc(=O)c2Cl)c(OC)c1. The van der Waals surface area contributed by atoms with Gasteiger partial charge in [0.05, 0.1) is 14.2 Å². The molecule has 0 aliphatic heterocycles. The van der Waals surface area contributed by atoms with E-state index in [-0.39, 0.29) is 9.77 Å². The molecule has 0 radical (unpaired) electrons. The van der Waals surface area contributed by atoms with Crippen LogP contribution >= 0.6 is 32.3 Å². The van der Waals surface area contributed by atoms with Gasteiger partial charge in [-0.2, -0.15) is 0 Å². The van der Waals surface area contributed by atoms with E-state index in [0.29, 0.717) is 11.5 Å². The highest BCUT2D eigenvalue weighted by molar-refractivity contribution is 7.70. The third-order valence-electron chi connectivity index (χ3n) is 2.51. The number of rotatable bonds is 5.